The van der Waals surface area contributed by atoms with Crippen molar-refractivity contribution in [3.05, 3.63) is 34.9 Å². The predicted molar refractivity (Wildman–Crippen MR) is 70.1 cm³/mol. The average molecular weight is 274 g/mol. The van der Waals surface area contributed by atoms with Crippen molar-refractivity contribution in [2.75, 3.05) is 0 Å². The lowest BCUT2D eigenvalue weighted by atomic mass is 9.90. The van der Waals surface area contributed by atoms with Gasteiger partial charge in [-0.1, -0.05) is 29.3 Å². The molecule has 1 aromatic carbocycles. The molecule has 1 nitrogen and oxygen atoms in total. The highest BCUT2D eigenvalue weighted by Crippen LogP contribution is 2.26. The molecule has 0 aliphatic carbocycles. The zero-order valence-corrected chi connectivity index (χ0v) is 11.6. The molecule has 0 aliphatic heterocycles. The van der Waals surface area contributed by atoms with E-state index in [0.717, 1.165) is 16.7 Å². The Balaban J connectivity index is 2.58. The summed E-state index contributed by atoms with van der Waals surface area (Å²) in [4.78, 5) is 0. The Morgan fingerprint density at radius 3 is 2.00 bits per heavy atom. The molecule has 108 valence electrons. The quantitative estimate of drug-likeness (QED) is 0.847. The van der Waals surface area contributed by atoms with Crippen LogP contribution < -0.4 is 0 Å². The molecule has 0 aromatic heterocycles. The third-order valence-corrected chi connectivity index (χ3v) is 3.04. The third-order valence-electron chi connectivity index (χ3n) is 3.04. The smallest absolute Gasteiger partial charge is 0.389 e. The molecule has 1 atom stereocenters. The van der Waals surface area contributed by atoms with Gasteiger partial charge < -0.3 is 5.11 Å². The zero-order chi connectivity index (χ0) is 14.7. The van der Waals surface area contributed by atoms with Crippen molar-refractivity contribution in [3.63, 3.8) is 0 Å². The van der Waals surface area contributed by atoms with Gasteiger partial charge >= 0.3 is 6.18 Å². The molecule has 0 heterocycles. The van der Waals surface area contributed by atoms with Crippen LogP contribution in [0, 0.1) is 13.8 Å². The van der Waals surface area contributed by atoms with Crippen molar-refractivity contribution < 1.29 is 18.3 Å². The lowest BCUT2D eigenvalue weighted by Crippen LogP contribution is -2.27. The minimum atomic E-state index is -4.14. The van der Waals surface area contributed by atoms with E-state index in [0.29, 0.717) is 6.42 Å². The second-order valence-electron chi connectivity index (χ2n) is 5.64. The number of hydrogen-bond donors (Lipinski definition) is 1. The van der Waals surface area contributed by atoms with Gasteiger partial charge in [0, 0.05) is 12.8 Å². The molecule has 0 amide bonds. The van der Waals surface area contributed by atoms with Crippen LogP contribution in [-0.4, -0.2) is 16.9 Å². The summed E-state index contributed by atoms with van der Waals surface area (Å²) >= 11 is 0. The van der Waals surface area contributed by atoms with Gasteiger partial charge in [-0.25, -0.2) is 0 Å². The van der Waals surface area contributed by atoms with Crippen LogP contribution in [0.1, 0.15) is 42.9 Å². The maximum atomic E-state index is 12.1. The van der Waals surface area contributed by atoms with Gasteiger partial charge in [0.15, 0.2) is 0 Å². The summed E-state index contributed by atoms with van der Waals surface area (Å²) in [7, 11) is 0. The molecular formula is C15H21F3O. The molecule has 0 fully saturated rings. The Morgan fingerprint density at radius 2 is 1.53 bits per heavy atom. The fraction of sp³-hybridized carbons (Fsp3) is 0.600. The lowest BCUT2D eigenvalue weighted by molar-refractivity contribution is -0.137. The molecule has 1 unspecified atom stereocenters. The maximum absolute atomic E-state index is 12.1. The van der Waals surface area contributed by atoms with Gasteiger partial charge in [-0.2, -0.15) is 13.2 Å². The molecule has 0 saturated carbocycles. The van der Waals surface area contributed by atoms with Crippen LogP contribution in [0.2, 0.25) is 0 Å². The maximum Gasteiger partial charge on any atom is 0.389 e. The molecule has 0 radical (unpaired) electrons. The van der Waals surface area contributed by atoms with E-state index in [2.05, 4.69) is 0 Å². The van der Waals surface area contributed by atoms with Crippen LogP contribution in [0.25, 0.3) is 0 Å². The van der Waals surface area contributed by atoms with Gasteiger partial charge in [-0.3, -0.25) is 0 Å². The van der Waals surface area contributed by atoms with Gasteiger partial charge in [0.05, 0.1) is 5.60 Å². The van der Waals surface area contributed by atoms with E-state index in [4.69, 9.17) is 0 Å². The highest BCUT2D eigenvalue weighted by atomic mass is 19.4. The second-order valence-corrected chi connectivity index (χ2v) is 5.64. The van der Waals surface area contributed by atoms with Crippen molar-refractivity contribution in [1.29, 1.82) is 0 Å². The van der Waals surface area contributed by atoms with E-state index in [-0.39, 0.29) is 12.8 Å². The monoisotopic (exact) mass is 274 g/mol. The molecule has 0 spiro atoms. The van der Waals surface area contributed by atoms with Gasteiger partial charge in [-0.05, 0) is 39.2 Å². The number of aryl methyl sites for hydroxylation is 2. The summed E-state index contributed by atoms with van der Waals surface area (Å²) in [5, 5.41) is 10.2. The summed E-state index contributed by atoms with van der Waals surface area (Å²) in [6.07, 6.45) is -4.49. The first kappa shape index (κ1) is 16.0. The summed E-state index contributed by atoms with van der Waals surface area (Å²) in [5.74, 6) is 0. The minimum Gasteiger partial charge on any atom is -0.390 e. The molecule has 0 saturated heterocycles. The number of alkyl halides is 3. The Bertz CT molecular complexity index is 402. The fourth-order valence-corrected chi connectivity index (χ4v) is 2.37. The number of hydrogen-bond acceptors (Lipinski definition) is 1. The average Bonchev–Trinajstić information content (AvgIpc) is 2.11. The zero-order valence-electron chi connectivity index (χ0n) is 11.6. The van der Waals surface area contributed by atoms with Crippen molar-refractivity contribution in [3.8, 4) is 0 Å². The topological polar surface area (TPSA) is 20.2 Å². The predicted octanol–water partition coefficient (Wildman–Crippen LogP) is 4.33. The first-order valence-corrected chi connectivity index (χ1v) is 6.44. The third kappa shape index (κ3) is 6.62. The summed E-state index contributed by atoms with van der Waals surface area (Å²) in [6.45, 7) is 5.53. The Kier molecular flexibility index (Phi) is 5.02. The van der Waals surface area contributed by atoms with E-state index in [9.17, 15) is 18.3 Å². The summed E-state index contributed by atoms with van der Waals surface area (Å²) in [5.41, 5.74) is 2.07. The Hall–Kier alpha value is -1.03. The van der Waals surface area contributed by atoms with Crippen molar-refractivity contribution in [1.82, 2.24) is 0 Å². The standard InChI is InChI=1S/C15H21F3O/c1-11-7-12(2)9-13(8-11)10-14(3,19)5-4-6-15(16,17)18/h7-9,19H,4-6,10H2,1-3H3. The van der Waals surface area contributed by atoms with Crippen LogP contribution in [0.5, 0.6) is 0 Å². The van der Waals surface area contributed by atoms with Gasteiger partial charge in [0.25, 0.3) is 0 Å². The summed E-state index contributed by atoms with van der Waals surface area (Å²) < 4.78 is 36.2. The number of halogens is 3. The van der Waals surface area contributed by atoms with Crippen LogP contribution in [0.15, 0.2) is 18.2 Å². The van der Waals surface area contributed by atoms with E-state index in [1.54, 1.807) is 6.92 Å². The number of aliphatic hydroxyl groups is 1. The normalized spacial score (nSPS) is 15.3. The first-order chi connectivity index (χ1) is 8.57. The van der Waals surface area contributed by atoms with Gasteiger partial charge in [0.1, 0.15) is 0 Å². The van der Waals surface area contributed by atoms with Crippen molar-refractivity contribution >= 4 is 0 Å². The molecular weight excluding hydrogens is 253 g/mol. The summed E-state index contributed by atoms with van der Waals surface area (Å²) in [6, 6.07) is 5.96. The number of benzene rings is 1. The van der Waals surface area contributed by atoms with E-state index in [1.165, 1.54) is 0 Å². The molecule has 1 N–H and O–H groups in total. The van der Waals surface area contributed by atoms with Crippen molar-refractivity contribution in [2.24, 2.45) is 0 Å². The second kappa shape index (κ2) is 5.95. The molecule has 1 rings (SSSR count). The Labute approximate surface area is 112 Å². The Morgan fingerprint density at radius 1 is 1.00 bits per heavy atom. The largest absolute Gasteiger partial charge is 0.390 e. The highest BCUT2D eigenvalue weighted by molar-refractivity contribution is 5.29. The van der Waals surface area contributed by atoms with E-state index < -0.39 is 18.2 Å². The molecule has 19 heavy (non-hydrogen) atoms. The highest BCUT2D eigenvalue weighted by Gasteiger charge is 2.29. The van der Waals surface area contributed by atoms with E-state index in [1.807, 2.05) is 32.0 Å². The van der Waals surface area contributed by atoms with E-state index >= 15 is 0 Å². The lowest BCUT2D eigenvalue weighted by Gasteiger charge is -2.24. The first-order valence-electron chi connectivity index (χ1n) is 6.44. The van der Waals surface area contributed by atoms with Crippen LogP contribution in [-0.2, 0) is 6.42 Å². The molecule has 4 heteroatoms. The SMILES string of the molecule is Cc1cc(C)cc(CC(C)(O)CCCC(F)(F)F)c1. The fourth-order valence-electron chi connectivity index (χ4n) is 2.37. The van der Waals surface area contributed by atoms with Crippen molar-refractivity contribution in [2.45, 2.75) is 58.2 Å². The number of rotatable bonds is 5. The van der Waals surface area contributed by atoms with Crippen LogP contribution in [0.3, 0.4) is 0 Å². The van der Waals surface area contributed by atoms with Gasteiger partial charge in [-0.15, -0.1) is 0 Å². The van der Waals surface area contributed by atoms with Crippen LogP contribution in [0.4, 0.5) is 13.2 Å². The van der Waals surface area contributed by atoms with Crippen LogP contribution >= 0.6 is 0 Å². The molecule has 0 bridgehead atoms. The molecule has 0 aliphatic rings. The molecule has 1 aromatic rings. The van der Waals surface area contributed by atoms with Gasteiger partial charge in [0.2, 0.25) is 0 Å². The minimum absolute atomic E-state index is 0.0404.